The van der Waals surface area contributed by atoms with Gasteiger partial charge >= 0.3 is 5.97 Å². The Balaban J connectivity index is 3.91. The van der Waals surface area contributed by atoms with Crippen LogP contribution in [0.4, 0.5) is 0 Å². The van der Waals surface area contributed by atoms with E-state index in [1.165, 1.54) is 6.92 Å². The fourth-order valence-corrected chi connectivity index (χ4v) is 2.32. The molecule has 0 aliphatic rings. The molecule has 0 saturated carbocycles. The number of hydrogen-bond acceptors (Lipinski definition) is 2. The molecule has 0 aromatic heterocycles. The molecule has 0 radical (unpaired) electrons. The zero-order valence-corrected chi connectivity index (χ0v) is 14.3. The lowest BCUT2D eigenvalue weighted by molar-refractivity contribution is -0.909. The average Bonchev–Trinajstić information content (AvgIpc) is 2.32. The van der Waals surface area contributed by atoms with Gasteiger partial charge in [-0.25, -0.2) is 0 Å². The highest BCUT2D eigenvalue weighted by atomic mass is 16.4. The molecular weight excluding hydrogens is 270 g/mol. The SMILES string of the molecule is CC(=O)NCCC[N+](C)(C)CCC[N+](C)(C)CCC(=O)O. The molecule has 0 saturated heterocycles. The molecule has 0 aliphatic heterocycles. The molecule has 0 atom stereocenters. The average molecular weight is 303 g/mol. The molecular formula is C15H33N3O3+2. The molecule has 0 aromatic carbocycles. The predicted octanol–water partition coefficient (Wildman–Crippen LogP) is 0.530. The van der Waals surface area contributed by atoms with Crippen molar-refractivity contribution in [2.45, 2.75) is 26.2 Å². The fourth-order valence-electron chi connectivity index (χ4n) is 2.32. The normalized spacial score (nSPS) is 12.2. The zero-order valence-electron chi connectivity index (χ0n) is 14.3. The Morgan fingerprint density at radius 3 is 1.86 bits per heavy atom. The van der Waals surface area contributed by atoms with Crippen LogP contribution in [-0.2, 0) is 9.59 Å². The van der Waals surface area contributed by atoms with E-state index in [0.29, 0.717) is 6.54 Å². The number of hydrogen-bond donors (Lipinski definition) is 2. The van der Waals surface area contributed by atoms with Gasteiger partial charge in [-0.05, 0) is 0 Å². The highest BCUT2D eigenvalue weighted by Gasteiger charge is 2.20. The van der Waals surface area contributed by atoms with Gasteiger partial charge < -0.3 is 19.4 Å². The van der Waals surface area contributed by atoms with E-state index in [1.54, 1.807) is 0 Å². The summed E-state index contributed by atoms with van der Waals surface area (Å²) in [5, 5.41) is 11.6. The van der Waals surface area contributed by atoms with E-state index in [0.717, 1.165) is 48.0 Å². The van der Waals surface area contributed by atoms with Gasteiger partial charge in [0.1, 0.15) is 0 Å². The summed E-state index contributed by atoms with van der Waals surface area (Å²) in [7, 11) is 8.56. The van der Waals surface area contributed by atoms with Crippen molar-refractivity contribution >= 4 is 11.9 Å². The highest BCUT2D eigenvalue weighted by Crippen LogP contribution is 2.06. The maximum atomic E-state index is 10.8. The van der Waals surface area contributed by atoms with E-state index in [4.69, 9.17) is 5.11 Å². The maximum Gasteiger partial charge on any atom is 0.309 e. The number of aliphatic carboxylic acids is 1. The Kier molecular flexibility index (Phi) is 8.51. The first kappa shape index (κ1) is 19.9. The third kappa shape index (κ3) is 12.3. The molecule has 0 unspecified atom stereocenters. The van der Waals surface area contributed by atoms with Crippen LogP contribution in [0, 0.1) is 0 Å². The van der Waals surface area contributed by atoms with Crippen molar-refractivity contribution < 1.29 is 23.7 Å². The minimum absolute atomic E-state index is 0.0257. The Morgan fingerprint density at radius 2 is 1.38 bits per heavy atom. The lowest BCUT2D eigenvalue weighted by Crippen LogP contribution is -2.46. The molecule has 6 nitrogen and oxygen atoms in total. The first-order valence-corrected chi connectivity index (χ1v) is 7.64. The molecule has 1 amide bonds. The molecule has 124 valence electrons. The lowest BCUT2D eigenvalue weighted by Gasteiger charge is -2.33. The van der Waals surface area contributed by atoms with Crippen molar-refractivity contribution in [3.8, 4) is 0 Å². The Hall–Kier alpha value is -1.14. The van der Waals surface area contributed by atoms with Crippen molar-refractivity contribution in [2.24, 2.45) is 0 Å². The summed E-state index contributed by atoms with van der Waals surface area (Å²) < 4.78 is 1.68. The largest absolute Gasteiger partial charge is 0.481 e. The third-order valence-corrected chi connectivity index (χ3v) is 3.77. The predicted molar refractivity (Wildman–Crippen MR) is 83.9 cm³/mol. The summed E-state index contributed by atoms with van der Waals surface area (Å²) >= 11 is 0. The first-order chi connectivity index (χ1) is 9.54. The number of carbonyl (C=O) groups excluding carboxylic acids is 1. The number of nitrogens with zero attached hydrogens (tertiary/aromatic N) is 2. The van der Waals surface area contributed by atoms with Crippen LogP contribution in [-0.4, -0.2) is 86.9 Å². The molecule has 0 bridgehead atoms. The van der Waals surface area contributed by atoms with Gasteiger partial charge in [-0.15, -0.1) is 0 Å². The first-order valence-electron chi connectivity index (χ1n) is 7.64. The van der Waals surface area contributed by atoms with Crippen molar-refractivity contribution in [1.82, 2.24) is 5.32 Å². The summed E-state index contributed by atoms with van der Waals surface area (Å²) in [5.41, 5.74) is 0. The number of carbonyl (C=O) groups is 2. The number of rotatable bonds is 11. The Morgan fingerprint density at radius 1 is 0.905 bits per heavy atom. The molecule has 0 fully saturated rings. The number of carboxylic acids is 1. The van der Waals surface area contributed by atoms with Gasteiger partial charge in [0.25, 0.3) is 0 Å². The minimum atomic E-state index is -0.727. The summed E-state index contributed by atoms with van der Waals surface area (Å²) in [5.74, 6) is -0.701. The molecule has 0 spiro atoms. The second-order valence-corrected chi connectivity index (χ2v) is 7.10. The van der Waals surface area contributed by atoms with Gasteiger partial charge in [-0.2, -0.15) is 0 Å². The van der Waals surface area contributed by atoms with E-state index < -0.39 is 5.97 Å². The van der Waals surface area contributed by atoms with Crippen LogP contribution in [0.25, 0.3) is 0 Å². The Bertz CT molecular complexity index is 341. The standard InChI is InChI=1S/C15H31N3O3/c1-14(19)16-9-6-10-17(2,3)11-7-12-18(4,5)13-8-15(20)21/h6-13H2,1-5H3/p+2. The molecule has 2 N–H and O–H groups in total. The van der Waals surface area contributed by atoms with Crippen molar-refractivity contribution in [1.29, 1.82) is 0 Å². The van der Waals surface area contributed by atoms with Crippen LogP contribution in [0.2, 0.25) is 0 Å². The molecule has 0 aromatic rings. The summed E-state index contributed by atoms with van der Waals surface area (Å²) in [6.07, 6.45) is 2.27. The van der Waals surface area contributed by atoms with E-state index >= 15 is 0 Å². The number of nitrogens with one attached hydrogen (secondary N) is 1. The number of carboxylic acid groups (broad SMARTS) is 1. The Labute approximate surface area is 128 Å². The van der Waals surface area contributed by atoms with Gasteiger partial charge in [0, 0.05) is 26.3 Å². The van der Waals surface area contributed by atoms with Gasteiger partial charge in [0.2, 0.25) is 5.91 Å². The monoisotopic (exact) mass is 303 g/mol. The zero-order chi connectivity index (χ0) is 16.5. The number of quaternary nitrogens is 2. The maximum absolute atomic E-state index is 10.8. The van der Waals surface area contributed by atoms with Crippen LogP contribution in [0.1, 0.15) is 26.2 Å². The summed E-state index contributed by atoms with van der Waals surface area (Å²) in [6.45, 7) is 6.03. The minimum Gasteiger partial charge on any atom is -0.481 e. The topological polar surface area (TPSA) is 66.4 Å². The lowest BCUT2D eigenvalue weighted by atomic mass is 10.2. The smallest absolute Gasteiger partial charge is 0.309 e. The van der Waals surface area contributed by atoms with Gasteiger partial charge in [-0.3, -0.25) is 9.59 Å². The van der Waals surface area contributed by atoms with Crippen LogP contribution < -0.4 is 5.32 Å². The van der Waals surface area contributed by atoms with Gasteiger partial charge in [0.05, 0.1) is 60.8 Å². The van der Waals surface area contributed by atoms with Crippen molar-refractivity contribution in [2.75, 3.05) is 60.9 Å². The van der Waals surface area contributed by atoms with E-state index in [9.17, 15) is 9.59 Å². The van der Waals surface area contributed by atoms with Crippen LogP contribution in [0.3, 0.4) is 0 Å². The van der Waals surface area contributed by atoms with Gasteiger partial charge in [0.15, 0.2) is 0 Å². The van der Waals surface area contributed by atoms with E-state index in [-0.39, 0.29) is 12.3 Å². The number of amides is 1. The second kappa shape index (κ2) is 9.00. The quantitative estimate of drug-likeness (QED) is 0.432. The summed E-state index contributed by atoms with van der Waals surface area (Å²) in [6, 6.07) is 0. The van der Waals surface area contributed by atoms with Crippen LogP contribution >= 0.6 is 0 Å². The van der Waals surface area contributed by atoms with Crippen LogP contribution in [0.15, 0.2) is 0 Å². The molecule has 0 heterocycles. The molecule has 6 heteroatoms. The van der Waals surface area contributed by atoms with E-state index in [2.05, 4.69) is 33.5 Å². The third-order valence-electron chi connectivity index (χ3n) is 3.77. The molecule has 21 heavy (non-hydrogen) atoms. The molecule has 0 rings (SSSR count). The van der Waals surface area contributed by atoms with Crippen molar-refractivity contribution in [3.05, 3.63) is 0 Å². The molecule has 0 aliphatic carbocycles. The van der Waals surface area contributed by atoms with Gasteiger partial charge in [-0.1, -0.05) is 0 Å². The second-order valence-electron chi connectivity index (χ2n) is 7.10. The fraction of sp³-hybridized carbons (Fsp3) is 0.867. The summed E-state index contributed by atoms with van der Waals surface area (Å²) in [4.78, 5) is 21.4. The van der Waals surface area contributed by atoms with E-state index in [1.807, 2.05) is 0 Å². The van der Waals surface area contributed by atoms with Crippen LogP contribution in [0.5, 0.6) is 0 Å². The van der Waals surface area contributed by atoms with Crippen molar-refractivity contribution in [3.63, 3.8) is 0 Å². The highest BCUT2D eigenvalue weighted by molar-refractivity contribution is 5.72.